The summed E-state index contributed by atoms with van der Waals surface area (Å²) in [6, 6.07) is 8.93. The van der Waals surface area contributed by atoms with Crippen molar-refractivity contribution in [3.05, 3.63) is 62.7 Å². The molecule has 1 N–H and O–H groups in total. The zero-order chi connectivity index (χ0) is 16.8. The van der Waals surface area contributed by atoms with E-state index in [-0.39, 0.29) is 22.3 Å². The van der Waals surface area contributed by atoms with E-state index >= 15 is 0 Å². The molecule has 0 saturated carbocycles. The van der Waals surface area contributed by atoms with Crippen LogP contribution < -0.4 is 5.43 Å². The summed E-state index contributed by atoms with van der Waals surface area (Å²) in [4.78, 5) is 12.1. The van der Waals surface area contributed by atoms with Gasteiger partial charge in [0.1, 0.15) is 11.5 Å². The normalized spacial score (nSPS) is 11.8. The Balaban J connectivity index is 2.26. The number of benzene rings is 2. The van der Waals surface area contributed by atoms with E-state index in [1.807, 2.05) is 0 Å². The Morgan fingerprint density at radius 3 is 2.52 bits per heavy atom. The molecule has 118 valence electrons. The Morgan fingerprint density at radius 2 is 1.83 bits per heavy atom. The number of phenolic OH excluding ortho intramolecular Hbond substituents is 1. The number of rotatable bonds is 1. The minimum Gasteiger partial charge on any atom is -0.507 e. The third-order valence-corrected chi connectivity index (χ3v) is 3.92. The standard InChI is InChI=1S/C16H8BrF3O3/c17-11-3-1-2-9-13(22)7-14(23-15(9)11)8-4-5-12(21)10(6-8)16(18,19)20/h1-7,21H. The van der Waals surface area contributed by atoms with Crippen molar-refractivity contribution in [3.8, 4) is 17.1 Å². The van der Waals surface area contributed by atoms with Crippen LogP contribution in [-0.4, -0.2) is 5.11 Å². The Morgan fingerprint density at radius 1 is 1.09 bits per heavy atom. The minimum atomic E-state index is -4.71. The van der Waals surface area contributed by atoms with E-state index in [0.29, 0.717) is 9.86 Å². The minimum absolute atomic E-state index is 0.0140. The summed E-state index contributed by atoms with van der Waals surface area (Å²) in [5.41, 5.74) is -1.27. The zero-order valence-corrected chi connectivity index (χ0v) is 12.9. The fraction of sp³-hybridized carbons (Fsp3) is 0.0625. The summed E-state index contributed by atoms with van der Waals surface area (Å²) in [5.74, 6) is -0.898. The van der Waals surface area contributed by atoms with Gasteiger partial charge in [-0.3, -0.25) is 4.79 Å². The molecule has 3 nitrogen and oxygen atoms in total. The van der Waals surface area contributed by atoms with Gasteiger partial charge < -0.3 is 9.52 Å². The first-order valence-corrected chi connectivity index (χ1v) is 7.19. The van der Waals surface area contributed by atoms with E-state index in [2.05, 4.69) is 15.9 Å². The summed E-state index contributed by atoms with van der Waals surface area (Å²) in [6.07, 6.45) is -4.71. The highest BCUT2D eigenvalue weighted by Crippen LogP contribution is 2.38. The van der Waals surface area contributed by atoms with Crippen LogP contribution in [0.25, 0.3) is 22.3 Å². The SMILES string of the molecule is O=c1cc(-c2ccc(O)c(C(F)(F)F)c2)oc2c(Br)cccc12. The summed E-state index contributed by atoms with van der Waals surface area (Å²) in [5, 5.41) is 9.69. The van der Waals surface area contributed by atoms with Crippen LogP contribution in [0.5, 0.6) is 5.75 Å². The number of aromatic hydroxyl groups is 1. The van der Waals surface area contributed by atoms with Crippen LogP contribution in [0.2, 0.25) is 0 Å². The average molecular weight is 385 g/mol. The summed E-state index contributed by atoms with van der Waals surface area (Å²) < 4.78 is 44.7. The lowest BCUT2D eigenvalue weighted by Crippen LogP contribution is -2.06. The van der Waals surface area contributed by atoms with E-state index in [4.69, 9.17) is 4.42 Å². The second-order valence-electron chi connectivity index (χ2n) is 4.82. The van der Waals surface area contributed by atoms with Crippen LogP contribution in [0, 0.1) is 0 Å². The van der Waals surface area contributed by atoms with Crippen molar-refractivity contribution in [2.75, 3.05) is 0 Å². The molecule has 0 radical (unpaired) electrons. The van der Waals surface area contributed by atoms with E-state index in [9.17, 15) is 23.1 Å². The van der Waals surface area contributed by atoms with E-state index in [1.165, 1.54) is 6.07 Å². The van der Waals surface area contributed by atoms with Crippen molar-refractivity contribution in [2.24, 2.45) is 0 Å². The Bertz CT molecular complexity index is 961. The largest absolute Gasteiger partial charge is 0.507 e. The van der Waals surface area contributed by atoms with Crippen molar-refractivity contribution in [3.63, 3.8) is 0 Å². The van der Waals surface area contributed by atoms with Gasteiger partial charge in [-0.05, 0) is 46.3 Å². The molecule has 0 atom stereocenters. The quantitative estimate of drug-likeness (QED) is 0.645. The maximum absolute atomic E-state index is 12.9. The number of hydrogen-bond donors (Lipinski definition) is 1. The third kappa shape index (κ3) is 2.84. The van der Waals surface area contributed by atoms with Gasteiger partial charge in [-0.25, -0.2) is 0 Å². The molecule has 3 rings (SSSR count). The first-order chi connectivity index (χ1) is 10.8. The number of halogens is 4. The van der Waals surface area contributed by atoms with Crippen molar-refractivity contribution in [1.82, 2.24) is 0 Å². The molecule has 0 unspecified atom stereocenters. The Labute approximate surface area is 136 Å². The molecule has 0 fully saturated rings. The van der Waals surface area contributed by atoms with Crippen molar-refractivity contribution < 1.29 is 22.7 Å². The summed E-state index contributed by atoms with van der Waals surface area (Å²) in [7, 11) is 0. The van der Waals surface area contributed by atoms with Gasteiger partial charge in [0.05, 0.1) is 15.4 Å². The molecule has 0 spiro atoms. The molecular weight excluding hydrogens is 377 g/mol. The first kappa shape index (κ1) is 15.6. The highest BCUT2D eigenvalue weighted by atomic mass is 79.9. The first-order valence-electron chi connectivity index (χ1n) is 6.40. The lowest BCUT2D eigenvalue weighted by atomic mass is 10.1. The van der Waals surface area contributed by atoms with Gasteiger partial charge in [0, 0.05) is 11.6 Å². The molecule has 0 aliphatic carbocycles. The van der Waals surface area contributed by atoms with Gasteiger partial charge in [0.15, 0.2) is 11.0 Å². The molecule has 0 saturated heterocycles. The predicted molar refractivity (Wildman–Crippen MR) is 82.3 cm³/mol. The van der Waals surface area contributed by atoms with Crippen molar-refractivity contribution in [2.45, 2.75) is 6.18 Å². The molecule has 1 heterocycles. The summed E-state index contributed by atoms with van der Waals surface area (Å²) in [6.45, 7) is 0. The average Bonchev–Trinajstić information content (AvgIpc) is 2.47. The maximum Gasteiger partial charge on any atom is 0.419 e. The lowest BCUT2D eigenvalue weighted by Gasteiger charge is -2.11. The molecule has 0 amide bonds. The van der Waals surface area contributed by atoms with Gasteiger partial charge in [-0.1, -0.05) is 6.07 Å². The molecule has 0 bridgehead atoms. The van der Waals surface area contributed by atoms with Crippen LogP contribution in [0.15, 0.2) is 56.1 Å². The van der Waals surface area contributed by atoms with Crippen LogP contribution in [0.1, 0.15) is 5.56 Å². The van der Waals surface area contributed by atoms with Crippen LogP contribution in [0.3, 0.4) is 0 Å². The third-order valence-electron chi connectivity index (χ3n) is 3.29. The highest BCUT2D eigenvalue weighted by Gasteiger charge is 2.34. The van der Waals surface area contributed by atoms with E-state index in [1.54, 1.807) is 18.2 Å². The zero-order valence-electron chi connectivity index (χ0n) is 11.3. The number of para-hydroxylation sites is 1. The predicted octanol–water partition coefficient (Wildman–Crippen LogP) is 4.95. The molecule has 1 aromatic heterocycles. The van der Waals surface area contributed by atoms with Crippen molar-refractivity contribution >= 4 is 26.9 Å². The Kier molecular flexibility index (Phi) is 3.68. The lowest BCUT2D eigenvalue weighted by molar-refractivity contribution is -0.138. The van der Waals surface area contributed by atoms with Gasteiger partial charge in [0.2, 0.25) is 0 Å². The van der Waals surface area contributed by atoms with Crippen LogP contribution >= 0.6 is 15.9 Å². The fourth-order valence-corrected chi connectivity index (χ4v) is 2.65. The van der Waals surface area contributed by atoms with Gasteiger partial charge in [-0.2, -0.15) is 13.2 Å². The topological polar surface area (TPSA) is 50.4 Å². The molecule has 2 aromatic carbocycles. The molecular formula is C16H8BrF3O3. The molecule has 0 aliphatic rings. The van der Waals surface area contributed by atoms with E-state index < -0.39 is 17.5 Å². The molecule has 0 aliphatic heterocycles. The van der Waals surface area contributed by atoms with Crippen LogP contribution in [0.4, 0.5) is 13.2 Å². The van der Waals surface area contributed by atoms with Gasteiger partial charge in [-0.15, -0.1) is 0 Å². The van der Waals surface area contributed by atoms with E-state index in [0.717, 1.165) is 18.2 Å². The van der Waals surface area contributed by atoms with Crippen LogP contribution in [-0.2, 0) is 6.18 Å². The van der Waals surface area contributed by atoms with Gasteiger partial charge >= 0.3 is 6.18 Å². The number of fused-ring (bicyclic) bond motifs is 1. The number of hydrogen-bond acceptors (Lipinski definition) is 3. The van der Waals surface area contributed by atoms with Crippen molar-refractivity contribution in [1.29, 1.82) is 0 Å². The highest BCUT2D eigenvalue weighted by molar-refractivity contribution is 9.10. The second kappa shape index (κ2) is 5.42. The molecule has 23 heavy (non-hydrogen) atoms. The summed E-state index contributed by atoms with van der Waals surface area (Å²) >= 11 is 3.24. The molecule has 3 aromatic rings. The monoisotopic (exact) mass is 384 g/mol. The number of alkyl halides is 3. The number of phenols is 1. The Hall–Kier alpha value is -2.28. The maximum atomic E-state index is 12.9. The van der Waals surface area contributed by atoms with Gasteiger partial charge in [0.25, 0.3) is 0 Å². The smallest absolute Gasteiger partial charge is 0.419 e. The fourth-order valence-electron chi connectivity index (χ4n) is 2.20. The molecule has 7 heteroatoms. The second-order valence-corrected chi connectivity index (χ2v) is 5.68.